The van der Waals surface area contributed by atoms with E-state index in [0.29, 0.717) is 17.7 Å². The average molecular weight is 249 g/mol. The molecule has 4 heteroatoms. The summed E-state index contributed by atoms with van der Waals surface area (Å²) in [5.74, 6) is 0.287. The number of likely N-dealkylation sites (N-methyl/N-ethyl adjacent to an activating group) is 1. The van der Waals surface area contributed by atoms with Crippen LogP contribution in [0, 0.1) is 5.82 Å². The molecule has 18 heavy (non-hydrogen) atoms. The molecule has 3 nitrogen and oxygen atoms in total. The Morgan fingerprint density at radius 1 is 1.39 bits per heavy atom. The van der Waals surface area contributed by atoms with E-state index in [4.69, 9.17) is 9.15 Å². The third-order valence-corrected chi connectivity index (χ3v) is 2.95. The van der Waals surface area contributed by atoms with Gasteiger partial charge in [0.1, 0.15) is 11.6 Å². The van der Waals surface area contributed by atoms with Gasteiger partial charge in [-0.1, -0.05) is 6.07 Å². The Morgan fingerprint density at radius 3 is 2.83 bits per heavy atom. The lowest BCUT2D eigenvalue weighted by Crippen LogP contribution is -2.20. The van der Waals surface area contributed by atoms with E-state index in [1.807, 2.05) is 6.07 Å². The number of ether oxygens (including phenoxy) is 1. The maximum atomic E-state index is 14.0. The van der Waals surface area contributed by atoms with Crippen molar-refractivity contribution in [3.05, 3.63) is 53.7 Å². The Labute approximate surface area is 106 Å². The molecule has 1 N–H and O–H groups in total. The van der Waals surface area contributed by atoms with Crippen molar-refractivity contribution >= 4 is 0 Å². The standard InChI is InChI=1S/C14H16FNO2/c1-16-12(8-10-6-7-18-9-10)14-11(15)4-3-5-13(14)17-2/h3-7,9,12,16H,8H2,1-2H3. The van der Waals surface area contributed by atoms with Crippen molar-refractivity contribution in [2.45, 2.75) is 12.5 Å². The number of furan rings is 1. The van der Waals surface area contributed by atoms with Crippen LogP contribution in [0.1, 0.15) is 17.2 Å². The molecule has 0 amide bonds. The Bertz CT molecular complexity index is 497. The molecule has 1 aromatic heterocycles. The summed E-state index contributed by atoms with van der Waals surface area (Å²) in [6, 6.07) is 6.56. The summed E-state index contributed by atoms with van der Waals surface area (Å²) in [6.07, 6.45) is 3.92. The fourth-order valence-electron chi connectivity index (χ4n) is 2.03. The Morgan fingerprint density at radius 2 is 2.22 bits per heavy atom. The number of halogens is 1. The highest BCUT2D eigenvalue weighted by Crippen LogP contribution is 2.29. The van der Waals surface area contributed by atoms with Crippen LogP contribution in [-0.2, 0) is 6.42 Å². The van der Waals surface area contributed by atoms with Gasteiger partial charge in [0.05, 0.1) is 19.6 Å². The second kappa shape index (κ2) is 5.69. The molecule has 96 valence electrons. The number of hydrogen-bond acceptors (Lipinski definition) is 3. The van der Waals surface area contributed by atoms with Crippen molar-refractivity contribution in [1.29, 1.82) is 0 Å². The molecule has 0 aliphatic rings. The maximum Gasteiger partial charge on any atom is 0.131 e. The molecule has 1 heterocycles. The Hall–Kier alpha value is -1.81. The summed E-state index contributed by atoms with van der Waals surface area (Å²) >= 11 is 0. The van der Waals surface area contributed by atoms with E-state index in [0.717, 1.165) is 5.56 Å². The van der Waals surface area contributed by atoms with Crippen LogP contribution in [-0.4, -0.2) is 14.2 Å². The summed E-state index contributed by atoms with van der Waals surface area (Å²) in [5, 5.41) is 3.11. The predicted molar refractivity (Wildman–Crippen MR) is 67.2 cm³/mol. The zero-order valence-electron chi connectivity index (χ0n) is 10.4. The average Bonchev–Trinajstić information content (AvgIpc) is 2.89. The van der Waals surface area contributed by atoms with E-state index < -0.39 is 0 Å². The molecule has 1 atom stereocenters. The van der Waals surface area contributed by atoms with Gasteiger partial charge in [-0.15, -0.1) is 0 Å². The molecule has 0 saturated heterocycles. The lowest BCUT2D eigenvalue weighted by Gasteiger charge is -2.19. The highest BCUT2D eigenvalue weighted by Gasteiger charge is 2.19. The van der Waals surface area contributed by atoms with E-state index in [-0.39, 0.29) is 11.9 Å². The first-order chi connectivity index (χ1) is 8.76. The highest BCUT2D eigenvalue weighted by atomic mass is 19.1. The second-order valence-electron chi connectivity index (χ2n) is 4.03. The fraction of sp³-hybridized carbons (Fsp3) is 0.286. The minimum absolute atomic E-state index is 0.154. The molecule has 0 bridgehead atoms. The van der Waals surface area contributed by atoms with Gasteiger partial charge < -0.3 is 14.5 Å². The van der Waals surface area contributed by atoms with Crippen LogP contribution in [0.25, 0.3) is 0 Å². The van der Waals surface area contributed by atoms with Gasteiger partial charge in [0.25, 0.3) is 0 Å². The van der Waals surface area contributed by atoms with Gasteiger partial charge >= 0.3 is 0 Å². The van der Waals surface area contributed by atoms with Crippen molar-refractivity contribution in [1.82, 2.24) is 5.32 Å². The lowest BCUT2D eigenvalue weighted by molar-refractivity contribution is 0.393. The van der Waals surface area contributed by atoms with Crippen molar-refractivity contribution in [2.24, 2.45) is 0 Å². The molecule has 0 radical (unpaired) electrons. The highest BCUT2D eigenvalue weighted by molar-refractivity contribution is 5.38. The molecular weight excluding hydrogens is 233 g/mol. The zero-order valence-corrected chi connectivity index (χ0v) is 10.4. The first kappa shape index (κ1) is 12.6. The van der Waals surface area contributed by atoms with Gasteiger partial charge in [-0.3, -0.25) is 0 Å². The molecule has 0 aliphatic carbocycles. The minimum atomic E-state index is -0.266. The monoisotopic (exact) mass is 249 g/mol. The Kier molecular flexibility index (Phi) is 3.99. The normalized spacial score (nSPS) is 12.4. The maximum absolute atomic E-state index is 14.0. The molecule has 0 saturated carbocycles. The van der Waals surface area contributed by atoms with E-state index in [1.54, 1.807) is 38.8 Å². The molecule has 2 rings (SSSR count). The topological polar surface area (TPSA) is 34.4 Å². The molecule has 1 unspecified atom stereocenters. The van der Waals surface area contributed by atoms with Crippen LogP contribution in [0.4, 0.5) is 4.39 Å². The van der Waals surface area contributed by atoms with Crippen molar-refractivity contribution in [2.75, 3.05) is 14.2 Å². The molecular formula is C14H16FNO2. The van der Waals surface area contributed by atoms with Gasteiger partial charge in [0.15, 0.2) is 0 Å². The quantitative estimate of drug-likeness (QED) is 0.884. The zero-order chi connectivity index (χ0) is 13.0. The minimum Gasteiger partial charge on any atom is -0.496 e. The smallest absolute Gasteiger partial charge is 0.131 e. The Balaban J connectivity index is 2.32. The molecule has 1 aromatic carbocycles. The van der Waals surface area contributed by atoms with Crippen LogP contribution in [0.5, 0.6) is 5.75 Å². The molecule has 0 spiro atoms. The summed E-state index contributed by atoms with van der Waals surface area (Å²) in [7, 11) is 3.35. The van der Waals surface area contributed by atoms with E-state index >= 15 is 0 Å². The van der Waals surface area contributed by atoms with Crippen LogP contribution in [0.15, 0.2) is 41.2 Å². The first-order valence-electron chi connectivity index (χ1n) is 5.77. The lowest BCUT2D eigenvalue weighted by atomic mass is 9.99. The number of methoxy groups -OCH3 is 1. The number of nitrogens with one attached hydrogen (secondary N) is 1. The summed E-state index contributed by atoms with van der Waals surface area (Å²) in [4.78, 5) is 0. The molecule has 0 aliphatic heterocycles. The van der Waals surface area contributed by atoms with Gasteiger partial charge in [-0.05, 0) is 37.2 Å². The summed E-state index contributed by atoms with van der Waals surface area (Å²) < 4.78 is 24.2. The van der Waals surface area contributed by atoms with E-state index in [9.17, 15) is 4.39 Å². The van der Waals surface area contributed by atoms with Gasteiger partial charge in [0.2, 0.25) is 0 Å². The third-order valence-electron chi connectivity index (χ3n) is 2.95. The van der Waals surface area contributed by atoms with Crippen LogP contribution < -0.4 is 10.1 Å². The second-order valence-corrected chi connectivity index (χ2v) is 4.03. The van der Waals surface area contributed by atoms with Crippen molar-refractivity contribution < 1.29 is 13.5 Å². The van der Waals surface area contributed by atoms with Gasteiger partial charge in [-0.2, -0.15) is 0 Å². The van der Waals surface area contributed by atoms with Crippen molar-refractivity contribution in [3.63, 3.8) is 0 Å². The number of rotatable bonds is 5. The van der Waals surface area contributed by atoms with Crippen molar-refractivity contribution in [3.8, 4) is 5.75 Å². The fourth-order valence-corrected chi connectivity index (χ4v) is 2.03. The third kappa shape index (κ3) is 2.54. The van der Waals surface area contributed by atoms with Crippen LogP contribution in [0.3, 0.4) is 0 Å². The van der Waals surface area contributed by atoms with E-state index in [1.165, 1.54) is 6.07 Å². The summed E-state index contributed by atoms with van der Waals surface area (Å²) in [6.45, 7) is 0. The summed E-state index contributed by atoms with van der Waals surface area (Å²) in [5.41, 5.74) is 1.56. The SMILES string of the molecule is CNC(Cc1ccoc1)c1c(F)cccc1OC. The van der Waals surface area contributed by atoms with Gasteiger partial charge in [-0.25, -0.2) is 4.39 Å². The van der Waals surface area contributed by atoms with Crippen LogP contribution in [0.2, 0.25) is 0 Å². The van der Waals surface area contributed by atoms with E-state index in [2.05, 4.69) is 5.32 Å². The number of benzene rings is 1. The van der Waals surface area contributed by atoms with Crippen LogP contribution >= 0.6 is 0 Å². The first-order valence-corrected chi connectivity index (χ1v) is 5.77. The molecule has 2 aromatic rings. The molecule has 0 fully saturated rings. The predicted octanol–water partition coefficient (Wildman–Crippen LogP) is 2.93. The number of hydrogen-bond donors (Lipinski definition) is 1. The van der Waals surface area contributed by atoms with Gasteiger partial charge in [0, 0.05) is 11.6 Å². The largest absolute Gasteiger partial charge is 0.496 e.